The number of piperazine rings is 1. The summed E-state index contributed by atoms with van der Waals surface area (Å²) >= 11 is 6.00. The number of rotatable bonds is 3. The largest absolute Gasteiger partial charge is 0.351 e. The Balaban J connectivity index is 1.68. The molecule has 0 atom stereocenters. The molecule has 0 radical (unpaired) electrons. The van der Waals surface area contributed by atoms with E-state index < -0.39 is 0 Å². The lowest BCUT2D eigenvalue weighted by Gasteiger charge is -2.35. The van der Waals surface area contributed by atoms with Gasteiger partial charge in [0.15, 0.2) is 0 Å². The molecular weight excluding hydrogens is 298 g/mol. The van der Waals surface area contributed by atoms with Gasteiger partial charge >= 0.3 is 0 Å². The van der Waals surface area contributed by atoms with Gasteiger partial charge in [-0.05, 0) is 30.2 Å². The third-order valence-electron chi connectivity index (χ3n) is 4.10. The van der Waals surface area contributed by atoms with E-state index in [1.807, 2.05) is 29.2 Å². The van der Waals surface area contributed by atoms with E-state index in [1.54, 1.807) is 0 Å². The molecule has 1 aliphatic rings. The number of carbonyl (C=O) groups excluding carboxylic acids is 1. The number of fused-ring (bicyclic) bond motifs is 1. The van der Waals surface area contributed by atoms with Crippen LogP contribution in [0.4, 0.5) is 0 Å². The molecular formula is C17H22ClN3O. The molecule has 0 aliphatic carbocycles. The number of amides is 1. The number of benzene rings is 1. The van der Waals surface area contributed by atoms with Crippen LogP contribution in [0.1, 0.15) is 24.3 Å². The maximum atomic E-state index is 12.6. The summed E-state index contributed by atoms with van der Waals surface area (Å²) in [5.74, 6) is 0.747. The van der Waals surface area contributed by atoms with E-state index in [1.165, 1.54) is 0 Å². The molecule has 1 fully saturated rings. The number of nitrogens with one attached hydrogen (secondary N) is 1. The fourth-order valence-corrected chi connectivity index (χ4v) is 3.22. The number of aromatic amines is 1. The highest BCUT2D eigenvalue weighted by molar-refractivity contribution is 6.31. The first-order valence-corrected chi connectivity index (χ1v) is 8.20. The second-order valence-electron chi connectivity index (χ2n) is 6.40. The fourth-order valence-electron chi connectivity index (χ4n) is 3.04. The summed E-state index contributed by atoms with van der Waals surface area (Å²) in [5, 5.41) is 1.67. The summed E-state index contributed by atoms with van der Waals surface area (Å²) in [5.41, 5.74) is 1.60. The van der Waals surface area contributed by atoms with E-state index in [0.29, 0.717) is 16.6 Å². The van der Waals surface area contributed by atoms with Gasteiger partial charge in [0.05, 0.1) is 0 Å². The van der Waals surface area contributed by atoms with Crippen LogP contribution in [0.3, 0.4) is 0 Å². The Kier molecular flexibility index (Phi) is 4.41. The molecule has 0 unspecified atom stereocenters. The smallest absolute Gasteiger partial charge is 0.270 e. The lowest BCUT2D eigenvalue weighted by molar-refractivity contribution is 0.0619. The summed E-state index contributed by atoms with van der Waals surface area (Å²) in [4.78, 5) is 20.2. The normalized spacial score (nSPS) is 16.6. The molecule has 0 spiro atoms. The Hall–Kier alpha value is -1.52. The van der Waals surface area contributed by atoms with Crippen LogP contribution in [-0.4, -0.2) is 53.4 Å². The van der Waals surface area contributed by atoms with Crippen LogP contribution in [0.25, 0.3) is 10.9 Å². The van der Waals surface area contributed by atoms with E-state index in [2.05, 4.69) is 23.7 Å². The maximum Gasteiger partial charge on any atom is 0.270 e. The highest BCUT2D eigenvalue weighted by Crippen LogP contribution is 2.21. The Bertz CT molecular complexity index is 672. The number of H-pyrrole nitrogens is 1. The van der Waals surface area contributed by atoms with Crippen LogP contribution in [0.15, 0.2) is 24.3 Å². The molecule has 1 amide bonds. The molecule has 5 heteroatoms. The van der Waals surface area contributed by atoms with Gasteiger partial charge in [-0.25, -0.2) is 0 Å². The summed E-state index contributed by atoms with van der Waals surface area (Å²) < 4.78 is 0. The van der Waals surface area contributed by atoms with Gasteiger partial charge in [0, 0.05) is 48.6 Å². The molecule has 1 N–H and O–H groups in total. The number of hydrogen-bond donors (Lipinski definition) is 1. The molecule has 1 aliphatic heterocycles. The summed E-state index contributed by atoms with van der Waals surface area (Å²) in [6.45, 7) is 9.06. The molecule has 0 bridgehead atoms. The van der Waals surface area contributed by atoms with Gasteiger partial charge in [-0.2, -0.15) is 0 Å². The van der Waals surface area contributed by atoms with E-state index in [0.717, 1.165) is 43.6 Å². The summed E-state index contributed by atoms with van der Waals surface area (Å²) in [6, 6.07) is 7.52. The van der Waals surface area contributed by atoms with Gasteiger partial charge in [0.25, 0.3) is 5.91 Å². The molecule has 4 nitrogen and oxygen atoms in total. The van der Waals surface area contributed by atoms with E-state index in [4.69, 9.17) is 11.6 Å². The first-order chi connectivity index (χ1) is 10.5. The fraction of sp³-hybridized carbons (Fsp3) is 0.471. The van der Waals surface area contributed by atoms with Crippen LogP contribution in [0, 0.1) is 5.92 Å². The van der Waals surface area contributed by atoms with Gasteiger partial charge in [-0.1, -0.05) is 25.4 Å². The summed E-state index contributed by atoms with van der Waals surface area (Å²) in [7, 11) is 0. The van der Waals surface area contributed by atoms with Crippen molar-refractivity contribution in [1.29, 1.82) is 0 Å². The molecule has 2 heterocycles. The SMILES string of the molecule is CC(C)CN1CCN(C(=O)c2cc3cc(Cl)ccc3[nH]2)CC1. The van der Waals surface area contributed by atoms with Crippen molar-refractivity contribution in [1.82, 2.24) is 14.8 Å². The number of nitrogens with zero attached hydrogens (tertiary/aromatic N) is 2. The summed E-state index contributed by atoms with van der Waals surface area (Å²) in [6.07, 6.45) is 0. The lowest BCUT2D eigenvalue weighted by Crippen LogP contribution is -2.49. The van der Waals surface area contributed by atoms with Crippen molar-refractivity contribution in [2.24, 2.45) is 5.92 Å². The third-order valence-corrected chi connectivity index (χ3v) is 4.33. The highest BCUT2D eigenvalue weighted by Gasteiger charge is 2.23. The number of carbonyl (C=O) groups is 1. The molecule has 1 saturated heterocycles. The Labute approximate surface area is 136 Å². The van der Waals surface area contributed by atoms with Gasteiger partial charge in [-0.15, -0.1) is 0 Å². The van der Waals surface area contributed by atoms with Crippen LogP contribution in [-0.2, 0) is 0 Å². The maximum absolute atomic E-state index is 12.6. The molecule has 3 rings (SSSR count). The number of aromatic nitrogens is 1. The molecule has 118 valence electrons. The molecule has 22 heavy (non-hydrogen) atoms. The van der Waals surface area contributed by atoms with Crippen molar-refractivity contribution in [3.05, 3.63) is 35.0 Å². The average Bonchev–Trinajstić information content (AvgIpc) is 2.89. The topological polar surface area (TPSA) is 39.3 Å². The zero-order chi connectivity index (χ0) is 15.7. The number of halogens is 1. The molecule has 1 aromatic heterocycles. The van der Waals surface area contributed by atoms with Crippen molar-refractivity contribution in [2.75, 3.05) is 32.7 Å². The monoisotopic (exact) mass is 319 g/mol. The van der Waals surface area contributed by atoms with Gasteiger partial charge in [0.2, 0.25) is 0 Å². The lowest BCUT2D eigenvalue weighted by atomic mass is 10.2. The molecule has 0 saturated carbocycles. The Morgan fingerprint density at radius 2 is 1.95 bits per heavy atom. The first-order valence-electron chi connectivity index (χ1n) is 7.83. The number of hydrogen-bond acceptors (Lipinski definition) is 2. The highest BCUT2D eigenvalue weighted by atomic mass is 35.5. The Morgan fingerprint density at radius 3 is 2.64 bits per heavy atom. The standard InChI is InChI=1S/C17H22ClN3O/c1-12(2)11-20-5-7-21(8-6-20)17(22)16-10-13-9-14(18)3-4-15(13)19-16/h3-4,9-10,12,19H,5-8,11H2,1-2H3. The van der Waals surface area contributed by atoms with Crippen LogP contribution in [0.2, 0.25) is 5.02 Å². The van der Waals surface area contributed by atoms with Crippen LogP contribution >= 0.6 is 11.6 Å². The minimum absolute atomic E-state index is 0.0801. The second kappa shape index (κ2) is 6.31. The Morgan fingerprint density at radius 1 is 1.23 bits per heavy atom. The van der Waals surface area contributed by atoms with Crippen LogP contribution in [0.5, 0.6) is 0 Å². The third kappa shape index (κ3) is 3.28. The van der Waals surface area contributed by atoms with Crippen molar-refractivity contribution in [3.8, 4) is 0 Å². The van der Waals surface area contributed by atoms with Crippen molar-refractivity contribution in [2.45, 2.75) is 13.8 Å². The predicted molar refractivity (Wildman–Crippen MR) is 90.5 cm³/mol. The van der Waals surface area contributed by atoms with E-state index in [9.17, 15) is 4.79 Å². The molecule has 2 aromatic rings. The van der Waals surface area contributed by atoms with Gasteiger partial charge < -0.3 is 9.88 Å². The van der Waals surface area contributed by atoms with Gasteiger partial charge in [0.1, 0.15) is 5.69 Å². The van der Waals surface area contributed by atoms with Crippen molar-refractivity contribution in [3.63, 3.8) is 0 Å². The first kappa shape index (κ1) is 15.4. The van der Waals surface area contributed by atoms with Crippen LogP contribution < -0.4 is 0 Å². The average molecular weight is 320 g/mol. The van der Waals surface area contributed by atoms with E-state index >= 15 is 0 Å². The zero-order valence-corrected chi connectivity index (χ0v) is 13.9. The van der Waals surface area contributed by atoms with Gasteiger partial charge in [-0.3, -0.25) is 9.69 Å². The quantitative estimate of drug-likeness (QED) is 0.943. The minimum atomic E-state index is 0.0801. The second-order valence-corrected chi connectivity index (χ2v) is 6.84. The molecule has 1 aromatic carbocycles. The van der Waals surface area contributed by atoms with E-state index in [-0.39, 0.29) is 5.91 Å². The van der Waals surface area contributed by atoms with Crippen molar-refractivity contribution < 1.29 is 4.79 Å². The predicted octanol–water partition coefficient (Wildman–Crippen LogP) is 3.24. The minimum Gasteiger partial charge on any atom is -0.351 e. The van der Waals surface area contributed by atoms with Crippen molar-refractivity contribution >= 4 is 28.4 Å². The zero-order valence-electron chi connectivity index (χ0n) is 13.1.